The second-order valence-electron chi connectivity index (χ2n) is 9.62. The normalized spacial score (nSPS) is 17.2. The Hall–Kier alpha value is -1.51. The van der Waals surface area contributed by atoms with Gasteiger partial charge in [0.25, 0.3) is 0 Å². The van der Waals surface area contributed by atoms with Crippen LogP contribution in [0.3, 0.4) is 0 Å². The van der Waals surface area contributed by atoms with Crippen LogP contribution in [0.4, 0.5) is 0 Å². The molecule has 0 bridgehead atoms. The zero-order valence-corrected chi connectivity index (χ0v) is 21.9. The van der Waals surface area contributed by atoms with Crippen molar-refractivity contribution in [2.45, 2.75) is 32.5 Å². The van der Waals surface area contributed by atoms with E-state index in [1.54, 1.807) is 14.4 Å². The first kappa shape index (κ1) is 18.5. The molecule has 1 unspecified atom stereocenters. The summed E-state index contributed by atoms with van der Waals surface area (Å²) in [6.07, 6.45) is 6.08. The summed E-state index contributed by atoms with van der Waals surface area (Å²) >= 11 is -3.49. The van der Waals surface area contributed by atoms with Crippen molar-refractivity contribution < 1.29 is 17.1 Å². The summed E-state index contributed by atoms with van der Waals surface area (Å²) < 4.78 is 7.94. The van der Waals surface area contributed by atoms with E-state index < -0.39 is 22.6 Å². The molecular formula is C26H28HfSi. The third kappa shape index (κ3) is 2.37. The summed E-state index contributed by atoms with van der Waals surface area (Å²) in [5, 5.41) is 0. The summed E-state index contributed by atoms with van der Waals surface area (Å²) in [4.78, 5) is 0. The Bertz CT molecular complexity index is 1220. The van der Waals surface area contributed by atoms with Gasteiger partial charge in [-0.1, -0.05) is 0 Å². The van der Waals surface area contributed by atoms with Crippen molar-refractivity contribution in [3.8, 4) is 11.1 Å². The SMILES string of the molecule is C[Si](C)=[Hf]([CH3])([CH3])([c]1cccc2c1Cc1ccccc1-2)[CH]1C=Cc2ccccc21. The molecule has 0 N–H and O–H groups in total. The fourth-order valence-corrected chi connectivity index (χ4v) is 37.5. The molecule has 2 aliphatic carbocycles. The van der Waals surface area contributed by atoms with Gasteiger partial charge in [0.05, 0.1) is 0 Å². The van der Waals surface area contributed by atoms with Crippen molar-refractivity contribution in [1.29, 1.82) is 0 Å². The molecule has 5 rings (SSSR count). The Labute approximate surface area is 170 Å². The molecule has 1 atom stereocenters. The summed E-state index contributed by atoms with van der Waals surface area (Å²) in [6.45, 7) is 5.19. The maximum absolute atomic E-state index is 3.49. The van der Waals surface area contributed by atoms with Gasteiger partial charge in [0.15, 0.2) is 0 Å². The van der Waals surface area contributed by atoms with Crippen LogP contribution in [0.25, 0.3) is 17.2 Å². The van der Waals surface area contributed by atoms with Crippen LogP contribution in [0.2, 0.25) is 22.5 Å². The van der Waals surface area contributed by atoms with Crippen LogP contribution in [-0.2, 0) is 23.5 Å². The molecule has 0 heterocycles. The number of hydrogen-bond donors (Lipinski definition) is 0. The quantitative estimate of drug-likeness (QED) is 0.246. The fraction of sp³-hybridized carbons (Fsp3) is 0.231. The van der Waals surface area contributed by atoms with E-state index in [4.69, 9.17) is 0 Å². The van der Waals surface area contributed by atoms with Crippen LogP contribution in [0.15, 0.2) is 72.8 Å². The summed E-state index contributed by atoms with van der Waals surface area (Å²) in [5.74, 6) is 0. The van der Waals surface area contributed by atoms with Gasteiger partial charge in [-0.05, 0) is 0 Å². The molecule has 0 saturated heterocycles. The van der Waals surface area contributed by atoms with Crippen LogP contribution in [0.5, 0.6) is 0 Å². The van der Waals surface area contributed by atoms with E-state index in [0.29, 0.717) is 3.67 Å². The maximum atomic E-state index is 2.77. The minimum absolute atomic E-state index is 0.486. The summed E-state index contributed by atoms with van der Waals surface area (Å²) in [6, 6.07) is 25.4. The number of benzene rings is 3. The van der Waals surface area contributed by atoms with Gasteiger partial charge in [0.2, 0.25) is 0 Å². The summed E-state index contributed by atoms with van der Waals surface area (Å²) in [5.41, 5.74) is 8.65. The monoisotopic (exact) mass is 548 g/mol. The van der Waals surface area contributed by atoms with Gasteiger partial charge in [-0.2, -0.15) is 0 Å². The molecule has 3 aromatic carbocycles. The molecule has 140 valence electrons. The zero-order chi connectivity index (χ0) is 19.5. The predicted molar refractivity (Wildman–Crippen MR) is 122 cm³/mol. The zero-order valence-electron chi connectivity index (χ0n) is 17.3. The average Bonchev–Trinajstić information content (AvgIpc) is 3.30. The third-order valence-corrected chi connectivity index (χ3v) is 65.1. The molecular weight excluding hydrogens is 519 g/mol. The molecule has 0 aliphatic heterocycles. The van der Waals surface area contributed by atoms with Crippen LogP contribution in [0, 0.1) is 0 Å². The number of fused-ring (bicyclic) bond motifs is 4. The molecule has 0 nitrogen and oxygen atoms in total. The number of rotatable bonds is 2. The van der Waals surface area contributed by atoms with Crippen molar-refractivity contribution in [2.75, 3.05) is 0 Å². The van der Waals surface area contributed by atoms with Crippen LogP contribution < -0.4 is 3.32 Å². The molecule has 3 aromatic rings. The first-order chi connectivity index (χ1) is 13.4. The number of hydrogen-bond acceptors (Lipinski definition) is 0. The van der Waals surface area contributed by atoms with Gasteiger partial charge in [0.1, 0.15) is 0 Å². The third-order valence-electron chi connectivity index (χ3n) is 7.95. The molecule has 2 aliphatic rings. The fourth-order valence-electron chi connectivity index (χ4n) is 5.63. The molecule has 0 radical (unpaired) electrons. The topological polar surface area (TPSA) is 0 Å². The van der Waals surface area contributed by atoms with E-state index in [0.717, 1.165) is 6.42 Å². The Morgan fingerprint density at radius 3 is 2.36 bits per heavy atom. The predicted octanol–water partition coefficient (Wildman–Crippen LogP) is 6.69. The molecule has 0 fully saturated rings. The molecule has 28 heavy (non-hydrogen) atoms. The standard InChI is InChI=1S/C13H9.C9H7.C2H6Si.2CH3.Hf/c1-3-7-12-10(5-1)9-11-6-2-4-8-13(11)12;1-2-5-9-7-3-6-8(9)4-1;1-3-2;;;/h1-5,7-8H,9H2;1-7H;1-2H3;2*1H3;. The van der Waals surface area contributed by atoms with E-state index in [-0.39, 0.29) is 0 Å². The number of allylic oxidation sites excluding steroid dienone is 1. The van der Waals surface area contributed by atoms with Crippen LogP contribution in [0.1, 0.15) is 25.9 Å². The van der Waals surface area contributed by atoms with Crippen molar-refractivity contribution in [3.05, 3.63) is 95.1 Å². The van der Waals surface area contributed by atoms with Crippen molar-refractivity contribution in [2.24, 2.45) is 0 Å². The first-order valence-corrected chi connectivity index (χ1v) is 29.3. The van der Waals surface area contributed by atoms with Crippen LogP contribution >= 0.6 is 0 Å². The van der Waals surface area contributed by atoms with Crippen molar-refractivity contribution >= 4 is 14.9 Å². The second-order valence-corrected chi connectivity index (χ2v) is 57.1. The van der Waals surface area contributed by atoms with Gasteiger partial charge in [-0.25, -0.2) is 0 Å². The van der Waals surface area contributed by atoms with Gasteiger partial charge < -0.3 is 0 Å². The summed E-state index contributed by atoms with van der Waals surface area (Å²) in [7, 11) is 0. The van der Waals surface area contributed by atoms with Gasteiger partial charge in [-0.3, -0.25) is 0 Å². The Morgan fingerprint density at radius 2 is 1.54 bits per heavy atom. The molecule has 0 amide bonds. The van der Waals surface area contributed by atoms with Crippen molar-refractivity contribution in [1.82, 2.24) is 0 Å². The van der Waals surface area contributed by atoms with Gasteiger partial charge >= 0.3 is 171 Å². The van der Waals surface area contributed by atoms with E-state index in [2.05, 4.69) is 101 Å². The molecule has 0 saturated carbocycles. The van der Waals surface area contributed by atoms with E-state index in [1.165, 1.54) is 22.3 Å². The Balaban J connectivity index is 1.81. The molecule has 0 spiro atoms. The molecule has 0 aromatic heterocycles. The Morgan fingerprint density at radius 1 is 0.821 bits per heavy atom. The van der Waals surface area contributed by atoms with E-state index >= 15 is 0 Å². The minimum atomic E-state index is -3.49. The van der Waals surface area contributed by atoms with Gasteiger partial charge in [0, 0.05) is 0 Å². The van der Waals surface area contributed by atoms with Crippen LogP contribution in [-0.4, -0.2) is 5.49 Å². The Kier molecular flexibility index (Phi) is 4.13. The van der Waals surface area contributed by atoms with E-state index in [9.17, 15) is 0 Å². The average molecular weight is 547 g/mol. The molecule has 2 heteroatoms. The van der Waals surface area contributed by atoms with Gasteiger partial charge in [-0.15, -0.1) is 0 Å². The van der Waals surface area contributed by atoms with E-state index in [1.807, 2.05) is 0 Å². The first-order valence-electron chi connectivity index (χ1n) is 10.4. The van der Waals surface area contributed by atoms with Crippen molar-refractivity contribution in [3.63, 3.8) is 0 Å². The second kappa shape index (κ2) is 6.24.